The van der Waals surface area contributed by atoms with Gasteiger partial charge in [-0.25, -0.2) is 9.97 Å². The van der Waals surface area contributed by atoms with Crippen LogP contribution in [-0.4, -0.2) is 34.2 Å². The number of benzene rings is 1. The number of aromatic nitrogens is 2. The number of nitrogens with one attached hydrogen (secondary N) is 4. The Bertz CT molecular complexity index is 980. The quantitative estimate of drug-likeness (QED) is 0.438. The van der Waals surface area contributed by atoms with Crippen LogP contribution in [0.3, 0.4) is 0 Å². The summed E-state index contributed by atoms with van der Waals surface area (Å²) in [7, 11) is 0. The Balaban J connectivity index is 1.69. The van der Waals surface area contributed by atoms with Gasteiger partial charge in [-0.15, -0.1) is 0 Å². The van der Waals surface area contributed by atoms with E-state index >= 15 is 0 Å². The normalized spacial score (nSPS) is 18.5. The van der Waals surface area contributed by atoms with Crippen LogP contribution in [0.25, 0.3) is 0 Å². The van der Waals surface area contributed by atoms with Crippen molar-refractivity contribution in [1.29, 1.82) is 0 Å². The third-order valence-corrected chi connectivity index (χ3v) is 4.59. The van der Waals surface area contributed by atoms with Crippen molar-refractivity contribution in [1.82, 2.24) is 26.1 Å². The van der Waals surface area contributed by atoms with Crippen molar-refractivity contribution in [3.8, 4) is 0 Å². The molecule has 4 N–H and O–H groups in total. The zero-order chi connectivity index (χ0) is 21.9. The topological polar surface area (TPSA) is 125 Å². The van der Waals surface area contributed by atoms with Crippen LogP contribution in [0.5, 0.6) is 0 Å². The first-order valence-electron chi connectivity index (χ1n) is 8.75. The molecule has 1 unspecified atom stereocenters. The average molecular weight is 422 g/mol. The number of carbonyl (C=O) groups is 3. The Hall–Kier alpha value is -3.70. The molecule has 3 amide bonds. The molecule has 3 rings (SSSR count). The van der Waals surface area contributed by atoms with Crippen LogP contribution in [0.4, 0.5) is 24.7 Å². The molecule has 30 heavy (non-hydrogen) atoms. The van der Waals surface area contributed by atoms with Gasteiger partial charge < -0.3 is 10.6 Å². The second-order valence-corrected chi connectivity index (χ2v) is 6.70. The molecule has 1 atom stereocenters. The Kier molecular flexibility index (Phi) is 5.58. The lowest BCUT2D eigenvalue weighted by molar-refractivity contribution is -0.140. The van der Waals surface area contributed by atoms with Crippen molar-refractivity contribution >= 4 is 29.2 Å². The highest BCUT2D eigenvalue weighted by molar-refractivity contribution is 6.07. The van der Waals surface area contributed by atoms with Gasteiger partial charge in [-0.2, -0.15) is 13.2 Å². The molecule has 0 radical (unpaired) electrons. The first-order chi connectivity index (χ1) is 14.1. The largest absolute Gasteiger partial charge is 0.416 e. The predicted molar refractivity (Wildman–Crippen MR) is 98.1 cm³/mol. The van der Waals surface area contributed by atoms with E-state index in [9.17, 15) is 27.6 Å². The molecule has 1 saturated heterocycles. The Morgan fingerprint density at radius 3 is 2.37 bits per heavy atom. The van der Waals surface area contributed by atoms with E-state index in [4.69, 9.17) is 0 Å². The Morgan fingerprint density at radius 1 is 1.10 bits per heavy atom. The fourth-order valence-electron chi connectivity index (χ4n) is 2.74. The number of hydrogen-bond donors (Lipinski definition) is 4. The van der Waals surface area contributed by atoms with Crippen LogP contribution in [0.2, 0.25) is 0 Å². The van der Waals surface area contributed by atoms with Gasteiger partial charge in [0, 0.05) is 24.6 Å². The fourth-order valence-corrected chi connectivity index (χ4v) is 2.74. The number of rotatable bonds is 4. The van der Waals surface area contributed by atoms with E-state index in [2.05, 4.69) is 31.5 Å². The van der Waals surface area contributed by atoms with E-state index in [0.717, 1.165) is 12.1 Å². The number of hydrogen-bond acceptors (Lipinski definition) is 6. The molecule has 0 bridgehead atoms. The summed E-state index contributed by atoms with van der Waals surface area (Å²) >= 11 is 0. The first-order valence-corrected chi connectivity index (χ1v) is 8.75. The number of carbonyl (C=O) groups excluding carboxylic acids is 3. The second-order valence-electron chi connectivity index (χ2n) is 6.70. The highest BCUT2D eigenvalue weighted by Crippen LogP contribution is 2.30. The Morgan fingerprint density at radius 2 is 1.77 bits per heavy atom. The molecule has 1 aliphatic heterocycles. The lowest BCUT2D eigenvalue weighted by Gasteiger charge is -2.19. The van der Waals surface area contributed by atoms with Gasteiger partial charge in [0.05, 0.1) is 5.56 Å². The van der Waals surface area contributed by atoms with Crippen molar-refractivity contribution in [2.45, 2.75) is 19.5 Å². The van der Waals surface area contributed by atoms with Gasteiger partial charge in [-0.1, -0.05) is 0 Å². The second kappa shape index (κ2) is 7.97. The summed E-state index contributed by atoms with van der Waals surface area (Å²) in [5.74, 6) is -1.99. The van der Waals surface area contributed by atoms with Crippen molar-refractivity contribution in [2.75, 3.05) is 11.9 Å². The number of alkyl halides is 3. The smallest absolute Gasteiger partial charge is 0.355 e. The molecule has 0 aliphatic carbocycles. The van der Waals surface area contributed by atoms with Gasteiger partial charge in [0.25, 0.3) is 11.8 Å². The Labute approximate surface area is 168 Å². The van der Waals surface area contributed by atoms with Gasteiger partial charge in [0.2, 0.25) is 5.91 Å². The fraction of sp³-hybridized carbons (Fsp3) is 0.278. The maximum atomic E-state index is 12.7. The molecule has 12 heteroatoms. The van der Waals surface area contributed by atoms with Crippen LogP contribution in [0.15, 0.2) is 36.7 Å². The number of hydrazine groups is 1. The molecular formula is C18H17F3N6O3. The molecular weight excluding hydrogens is 405 g/mol. The van der Waals surface area contributed by atoms with E-state index in [1.807, 2.05) is 0 Å². The average Bonchev–Trinajstić information content (AvgIpc) is 3.05. The van der Waals surface area contributed by atoms with E-state index in [-0.39, 0.29) is 23.6 Å². The third-order valence-electron chi connectivity index (χ3n) is 4.59. The summed E-state index contributed by atoms with van der Waals surface area (Å²) in [6.45, 7) is 1.80. The zero-order valence-corrected chi connectivity index (χ0v) is 15.6. The summed E-state index contributed by atoms with van der Waals surface area (Å²) in [5, 5.41) is 5.26. The van der Waals surface area contributed by atoms with E-state index < -0.39 is 34.9 Å². The lowest BCUT2D eigenvalue weighted by Crippen LogP contribution is -2.51. The van der Waals surface area contributed by atoms with Crippen molar-refractivity contribution in [3.05, 3.63) is 47.9 Å². The maximum Gasteiger partial charge on any atom is 0.416 e. The molecule has 1 aromatic heterocycles. The van der Waals surface area contributed by atoms with E-state index in [1.165, 1.54) is 31.5 Å². The monoisotopic (exact) mass is 422 g/mol. The minimum absolute atomic E-state index is 0.0335. The number of nitrogens with zero attached hydrogens (tertiary/aromatic N) is 2. The highest BCUT2D eigenvalue weighted by Gasteiger charge is 2.44. The molecule has 2 aromatic rings. The SMILES string of the molecule is CC1(C(=O)NNC(=O)c2nccnc2Nc2ccc(C(F)(F)F)cc2)CCNC1=O. The molecule has 9 nitrogen and oxygen atoms in total. The van der Waals surface area contributed by atoms with Gasteiger partial charge in [-0.05, 0) is 37.6 Å². The maximum absolute atomic E-state index is 12.7. The van der Waals surface area contributed by atoms with Crippen molar-refractivity contribution < 1.29 is 27.6 Å². The van der Waals surface area contributed by atoms with Crippen LogP contribution in [0, 0.1) is 5.41 Å². The van der Waals surface area contributed by atoms with Gasteiger partial charge in [0.15, 0.2) is 11.5 Å². The minimum Gasteiger partial charge on any atom is -0.355 e. The lowest BCUT2D eigenvalue weighted by atomic mass is 9.88. The summed E-state index contributed by atoms with van der Waals surface area (Å²) < 4.78 is 38.0. The van der Waals surface area contributed by atoms with Gasteiger partial charge >= 0.3 is 6.18 Å². The molecule has 158 valence electrons. The van der Waals surface area contributed by atoms with Crippen LogP contribution < -0.4 is 21.5 Å². The van der Waals surface area contributed by atoms with E-state index in [0.29, 0.717) is 6.54 Å². The van der Waals surface area contributed by atoms with Crippen molar-refractivity contribution in [2.24, 2.45) is 5.41 Å². The predicted octanol–water partition coefficient (Wildman–Crippen LogP) is 1.53. The van der Waals surface area contributed by atoms with Crippen LogP contribution in [-0.2, 0) is 15.8 Å². The summed E-state index contributed by atoms with van der Waals surface area (Å²) in [4.78, 5) is 44.4. The number of halogens is 3. The zero-order valence-electron chi connectivity index (χ0n) is 15.6. The molecule has 1 aromatic carbocycles. The molecule has 2 heterocycles. The van der Waals surface area contributed by atoms with Crippen LogP contribution >= 0.6 is 0 Å². The summed E-state index contributed by atoms with van der Waals surface area (Å²) in [6, 6.07) is 4.12. The molecule has 0 spiro atoms. The number of amides is 3. The molecule has 0 saturated carbocycles. The third kappa shape index (κ3) is 4.31. The summed E-state index contributed by atoms with van der Waals surface area (Å²) in [5.41, 5.74) is 2.26. The highest BCUT2D eigenvalue weighted by atomic mass is 19.4. The van der Waals surface area contributed by atoms with Crippen LogP contribution in [0.1, 0.15) is 29.4 Å². The minimum atomic E-state index is -4.47. The first kappa shape index (κ1) is 21.0. The molecule has 1 fully saturated rings. The van der Waals surface area contributed by atoms with Crippen molar-refractivity contribution in [3.63, 3.8) is 0 Å². The molecule has 1 aliphatic rings. The van der Waals surface area contributed by atoms with E-state index in [1.54, 1.807) is 0 Å². The standard InChI is InChI=1S/C18H17F3N6O3/c1-17(6-7-24-15(17)29)16(30)27-26-14(28)12-13(23-9-8-22-12)25-11-4-2-10(3-5-11)18(19,20)21/h2-5,8-9H,6-7H2,1H3,(H,23,25)(H,24,29)(H,26,28)(H,27,30). The van der Waals surface area contributed by atoms with Gasteiger partial charge in [-0.3, -0.25) is 25.2 Å². The van der Waals surface area contributed by atoms with Gasteiger partial charge in [0.1, 0.15) is 5.41 Å². The number of anilines is 2. The summed E-state index contributed by atoms with van der Waals surface area (Å²) in [6.07, 6.45) is -1.67.